The molecule has 10 atom stereocenters. The van der Waals surface area contributed by atoms with Crippen LogP contribution in [0.2, 0.25) is 0 Å². The molecular formula is C36H53O6S-. The van der Waals surface area contributed by atoms with Crippen molar-refractivity contribution in [1.82, 2.24) is 0 Å². The largest absolute Gasteiger partial charge is 0.716 e. The first-order chi connectivity index (χ1) is 19.9. The molecule has 240 valence electrons. The Morgan fingerprint density at radius 2 is 1.40 bits per heavy atom. The quantitative estimate of drug-likeness (QED) is 0.268. The summed E-state index contributed by atoms with van der Waals surface area (Å²) in [6, 6.07) is 2.96. The molecule has 6 aliphatic rings. The normalized spacial score (nSPS) is 48.4. The minimum atomic E-state index is -4.92. The molecule has 0 unspecified atom stereocenters. The van der Waals surface area contributed by atoms with Gasteiger partial charge in [-0.25, -0.2) is 8.42 Å². The molecule has 1 heterocycles. The topological polar surface area (TPSA) is 95.9 Å². The molecule has 0 amide bonds. The van der Waals surface area contributed by atoms with E-state index in [-0.39, 0.29) is 44.7 Å². The highest BCUT2D eigenvalue weighted by atomic mass is 32.3. The summed E-state index contributed by atoms with van der Waals surface area (Å²) in [6.45, 7) is 17.3. The number of aromatic hydroxyl groups is 1. The molecule has 5 aliphatic carbocycles. The molecule has 1 aromatic carbocycles. The number of rotatable bonds is 2. The van der Waals surface area contributed by atoms with E-state index < -0.39 is 10.4 Å². The monoisotopic (exact) mass is 613 g/mol. The highest BCUT2D eigenvalue weighted by molar-refractivity contribution is 7.81. The second kappa shape index (κ2) is 9.15. The Labute approximate surface area is 259 Å². The highest BCUT2D eigenvalue weighted by Gasteiger charge is 2.69. The van der Waals surface area contributed by atoms with E-state index in [1.807, 2.05) is 0 Å². The molecule has 1 aromatic rings. The predicted octanol–water partition coefficient (Wildman–Crippen LogP) is 8.06. The van der Waals surface area contributed by atoms with Crippen molar-refractivity contribution >= 4 is 10.4 Å². The fraction of sp³-hybridized carbons (Fsp3) is 0.833. The third-order valence-electron chi connectivity index (χ3n) is 15.3. The van der Waals surface area contributed by atoms with E-state index in [0.29, 0.717) is 35.7 Å². The Kier molecular flexibility index (Phi) is 6.46. The van der Waals surface area contributed by atoms with Gasteiger partial charge in [0, 0.05) is 16.5 Å². The molecule has 0 radical (unpaired) electrons. The van der Waals surface area contributed by atoms with Crippen LogP contribution in [0.5, 0.6) is 11.5 Å². The van der Waals surface area contributed by atoms with Crippen molar-refractivity contribution in [1.29, 1.82) is 0 Å². The van der Waals surface area contributed by atoms with Gasteiger partial charge in [-0.1, -0.05) is 48.0 Å². The molecule has 5 fully saturated rings. The Morgan fingerprint density at radius 1 is 0.791 bits per heavy atom. The summed E-state index contributed by atoms with van der Waals surface area (Å²) >= 11 is 0. The second-order valence-corrected chi connectivity index (χ2v) is 18.7. The molecule has 1 aliphatic heterocycles. The van der Waals surface area contributed by atoms with Crippen LogP contribution < -0.4 is 4.18 Å². The maximum atomic E-state index is 11.7. The number of hydrogen-bond acceptors (Lipinski definition) is 6. The van der Waals surface area contributed by atoms with Gasteiger partial charge in [-0.05, 0) is 135 Å². The molecule has 43 heavy (non-hydrogen) atoms. The van der Waals surface area contributed by atoms with Gasteiger partial charge in [-0.15, -0.1) is 0 Å². The van der Waals surface area contributed by atoms with Crippen molar-refractivity contribution < 1.29 is 27.0 Å². The van der Waals surface area contributed by atoms with Crippen molar-refractivity contribution in [2.45, 2.75) is 143 Å². The number of hydrogen-bond donors (Lipinski definition) is 1. The van der Waals surface area contributed by atoms with Crippen molar-refractivity contribution in [3.63, 3.8) is 0 Å². The van der Waals surface area contributed by atoms with Crippen LogP contribution in [0.4, 0.5) is 0 Å². The SMILES string of the molecule is CC1(C)CCC[C@]2(C)O[C@H]3CC[C@@]4(C)[C@@H](CC[C@]5(C)[C@@H]4CC[C@]4(C)c6c(OS(=O)(=O)[O-])ccc(O)c6C[C@@H]54)[C@]3(C)CC[C@@H]12. The second-order valence-electron chi connectivity index (χ2n) is 17.7. The van der Waals surface area contributed by atoms with Gasteiger partial charge in [0.25, 0.3) is 10.4 Å². The standard InChI is InChI=1S/C36H54O6S/c1-31(2)15-8-16-36(7)25(31)11-18-34(5)27-12-17-33(4)26(32(27,3)20-14-29(34)41-36)13-19-35(6)28(33)21-22-23(37)9-10-24(30(22)35)42-43(38,39)40/h9-10,25-29,37H,8,11-21H2,1-7H3,(H,38,39,40)/p-1/t25-,26+,27+,28-,29-,32+,33+,34-,35-,36-/m0/s1. The van der Waals surface area contributed by atoms with Crippen LogP contribution in [0.1, 0.15) is 130 Å². The van der Waals surface area contributed by atoms with Gasteiger partial charge >= 0.3 is 0 Å². The lowest BCUT2D eigenvalue weighted by atomic mass is 9.36. The predicted molar refractivity (Wildman–Crippen MR) is 166 cm³/mol. The highest BCUT2D eigenvalue weighted by Crippen LogP contribution is 2.75. The van der Waals surface area contributed by atoms with Crippen LogP contribution >= 0.6 is 0 Å². The first-order valence-electron chi connectivity index (χ1n) is 17.1. The van der Waals surface area contributed by atoms with Crippen LogP contribution in [-0.2, 0) is 27.0 Å². The van der Waals surface area contributed by atoms with Crippen molar-refractivity contribution in [3.8, 4) is 11.5 Å². The zero-order chi connectivity index (χ0) is 31.0. The van der Waals surface area contributed by atoms with Crippen LogP contribution in [-0.4, -0.2) is 29.8 Å². The van der Waals surface area contributed by atoms with Crippen LogP contribution in [0, 0.1) is 45.3 Å². The van der Waals surface area contributed by atoms with E-state index in [0.717, 1.165) is 36.8 Å². The third-order valence-corrected chi connectivity index (χ3v) is 15.7. The molecule has 7 heteroatoms. The van der Waals surface area contributed by atoms with Crippen molar-refractivity contribution in [2.75, 3.05) is 0 Å². The summed E-state index contributed by atoms with van der Waals surface area (Å²) < 4.78 is 47.5. The summed E-state index contributed by atoms with van der Waals surface area (Å²) in [7, 11) is -4.92. The minimum absolute atomic E-state index is 0.0251. The fourth-order valence-corrected chi connectivity index (χ4v) is 14.0. The fourth-order valence-electron chi connectivity index (χ4n) is 13.6. The summed E-state index contributed by atoms with van der Waals surface area (Å²) in [5.41, 5.74) is 1.84. The van der Waals surface area contributed by atoms with Crippen LogP contribution in [0.25, 0.3) is 0 Å². The van der Waals surface area contributed by atoms with E-state index in [9.17, 15) is 18.1 Å². The average molecular weight is 614 g/mol. The van der Waals surface area contributed by atoms with Crippen LogP contribution in [0.15, 0.2) is 12.1 Å². The molecule has 6 nitrogen and oxygen atoms in total. The van der Waals surface area contributed by atoms with Gasteiger partial charge in [-0.3, -0.25) is 0 Å². The Bertz CT molecular complexity index is 1440. The van der Waals surface area contributed by atoms with E-state index >= 15 is 0 Å². The lowest BCUT2D eigenvalue weighted by Crippen LogP contribution is -2.64. The van der Waals surface area contributed by atoms with Gasteiger partial charge in [0.05, 0.1) is 11.7 Å². The summed E-state index contributed by atoms with van der Waals surface area (Å²) in [5.74, 6) is 2.28. The van der Waals surface area contributed by atoms with E-state index in [1.54, 1.807) is 0 Å². The zero-order valence-electron chi connectivity index (χ0n) is 27.4. The smallest absolute Gasteiger partial charge is 0.262 e. The van der Waals surface area contributed by atoms with E-state index in [1.165, 1.54) is 57.1 Å². The molecule has 4 saturated carbocycles. The van der Waals surface area contributed by atoms with Gasteiger partial charge < -0.3 is 18.6 Å². The van der Waals surface area contributed by atoms with Crippen molar-refractivity contribution in [3.05, 3.63) is 23.3 Å². The van der Waals surface area contributed by atoms with E-state index in [4.69, 9.17) is 8.92 Å². The third kappa shape index (κ3) is 4.11. The lowest BCUT2D eigenvalue weighted by molar-refractivity contribution is -0.240. The minimum Gasteiger partial charge on any atom is -0.716 e. The van der Waals surface area contributed by atoms with Gasteiger partial charge in [0.1, 0.15) is 11.5 Å². The molecular weight excluding hydrogens is 560 g/mol. The van der Waals surface area contributed by atoms with Gasteiger partial charge in [0.15, 0.2) is 0 Å². The summed E-state index contributed by atoms with van der Waals surface area (Å²) in [5, 5.41) is 11.0. The molecule has 1 saturated heterocycles. The molecule has 0 bridgehead atoms. The first-order valence-corrected chi connectivity index (χ1v) is 18.4. The Balaban J connectivity index is 1.23. The summed E-state index contributed by atoms with van der Waals surface area (Å²) in [4.78, 5) is 0. The number of fused-ring (bicyclic) bond motifs is 10. The van der Waals surface area contributed by atoms with E-state index in [2.05, 4.69) is 48.5 Å². The number of phenols is 1. The van der Waals surface area contributed by atoms with Crippen LogP contribution in [0.3, 0.4) is 0 Å². The van der Waals surface area contributed by atoms with Crippen molar-refractivity contribution in [2.24, 2.45) is 45.3 Å². The molecule has 7 rings (SSSR count). The zero-order valence-corrected chi connectivity index (χ0v) is 28.2. The number of benzene rings is 1. The average Bonchev–Trinajstić information content (AvgIpc) is 3.15. The lowest BCUT2D eigenvalue weighted by Gasteiger charge is -2.69. The molecule has 1 N–H and O–H groups in total. The first kappa shape index (κ1) is 30.3. The summed E-state index contributed by atoms with van der Waals surface area (Å²) in [6.07, 6.45) is 13.8. The maximum absolute atomic E-state index is 11.7. The van der Waals surface area contributed by atoms with Gasteiger partial charge in [0.2, 0.25) is 0 Å². The molecule has 0 aromatic heterocycles. The number of phenolic OH excluding ortho intramolecular Hbond substituents is 1. The van der Waals surface area contributed by atoms with Gasteiger partial charge in [-0.2, -0.15) is 0 Å². The Hall–Kier alpha value is -1.31. The molecule has 0 spiro atoms. The maximum Gasteiger partial charge on any atom is 0.262 e. The Morgan fingerprint density at radius 3 is 2.12 bits per heavy atom. The number of ether oxygens (including phenoxy) is 1.